The van der Waals surface area contributed by atoms with Crippen molar-refractivity contribution in [3.63, 3.8) is 0 Å². The van der Waals surface area contributed by atoms with Gasteiger partial charge in [-0.3, -0.25) is 4.79 Å². The van der Waals surface area contributed by atoms with E-state index in [4.69, 9.17) is 4.74 Å². The molecule has 1 unspecified atom stereocenters. The molecule has 21 heavy (non-hydrogen) atoms. The normalized spacial score (nSPS) is 28.4. The smallest absolute Gasteiger partial charge is 0.224 e. The van der Waals surface area contributed by atoms with Crippen molar-refractivity contribution in [1.82, 2.24) is 10.2 Å². The number of amides is 1. The van der Waals surface area contributed by atoms with E-state index in [0.29, 0.717) is 19.5 Å². The number of aliphatic hydroxyl groups excluding tert-OH is 1. The molecule has 0 aromatic heterocycles. The van der Waals surface area contributed by atoms with Crippen molar-refractivity contribution in [1.29, 1.82) is 0 Å². The Bertz CT molecular complexity index is 365. The van der Waals surface area contributed by atoms with Crippen LogP contribution in [0.4, 0.5) is 0 Å². The summed E-state index contributed by atoms with van der Waals surface area (Å²) in [5, 5.41) is 12.8. The third kappa shape index (κ3) is 4.18. The van der Waals surface area contributed by atoms with E-state index in [0.717, 1.165) is 12.8 Å². The van der Waals surface area contributed by atoms with Crippen molar-refractivity contribution in [2.24, 2.45) is 0 Å². The number of hydrogen-bond acceptors (Lipinski definition) is 4. The van der Waals surface area contributed by atoms with Crippen LogP contribution < -0.4 is 5.32 Å². The predicted molar refractivity (Wildman–Crippen MR) is 82.1 cm³/mol. The van der Waals surface area contributed by atoms with Gasteiger partial charge in [0, 0.05) is 25.0 Å². The number of aliphatic hydroxyl groups is 1. The lowest BCUT2D eigenvalue weighted by Gasteiger charge is -2.44. The highest BCUT2D eigenvalue weighted by Gasteiger charge is 2.39. The number of nitrogens with zero attached hydrogens (tertiary/aromatic N) is 1. The molecule has 2 rings (SSSR count). The van der Waals surface area contributed by atoms with E-state index in [1.165, 1.54) is 19.3 Å². The predicted octanol–water partition coefficient (Wildman–Crippen LogP) is 1.30. The van der Waals surface area contributed by atoms with Crippen LogP contribution in [0.15, 0.2) is 0 Å². The average Bonchev–Trinajstić information content (AvgIpc) is 2.46. The van der Waals surface area contributed by atoms with Crippen molar-refractivity contribution in [2.75, 3.05) is 26.7 Å². The number of morpholine rings is 1. The molecule has 5 nitrogen and oxygen atoms in total. The fourth-order valence-corrected chi connectivity index (χ4v) is 3.73. The molecule has 1 saturated heterocycles. The molecule has 1 atom stereocenters. The van der Waals surface area contributed by atoms with E-state index in [1.54, 1.807) is 0 Å². The van der Waals surface area contributed by atoms with E-state index >= 15 is 0 Å². The van der Waals surface area contributed by atoms with Gasteiger partial charge in [-0.2, -0.15) is 0 Å². The highest BCUT2D eigenvalue weighted by Crippen LogP contribution is 2.32. The van der Waals surface area contributed by atoms with Crippen molar-refractivity contribution in [3.05, 3.63) is 0 Å². The summed E-state index contributed by atoms with van der Waals surface area (Å²) in [7, 11) is 1.97. The van der Waals surface area contributed by atoms with Crippen LogP contribution in [0.2, 0.25) is 0 Å². The SMILES string of the molecule is CNC1(CC(=O)N2CC(CO)OC(C)(C)C2)CCCCC1. The van der Waals surface area contributed by atoms with Gasteiger partial charge < -0.3 is 20.1 Å². The summed E-state index contributed by atoms with van der Waals surface area (Å²) in [6.07, 6.45) is 6.10. The van der Waals surface area contributed by atoms with Gasteiger partial charge in [0.2, 0.25) is 5.91 Å². The van der Waals surface area contributed by atoms with Crippen LogP contribution in [-0.4, -0.2) is 59.9 Å². The van der Waals surface area contributed by atoms with Crippen molar-refractivity contribution in [2.45, 2.75) is 69.6 Å². The zero-order valence-electron chi connectivity index (χ0n) is 13.7. The minimum atomic E-state index is -0.388. The Labute approximate surface area is 128 Å². The Morgan fingerprint density at radius 3 is 2.57 bits per heavy atom. The fraction of sp³-hybridized carbons (Fsp3) is 0.938. The van der Waals surface area contributed by atoms with Crippen LogP contribution in [0.25, 0.3) is 0 Å². The molecule has 2 fully saturated rings. The molecule has 0 aromatic carbocycles. The molecule has 1 aliphatic heterocycles. The van der Waals surface area contributed by atoms with Crippen molar-refractivity contribution in [3.8, 4) is 0 Å². The van der Waals surface area contributed by atoms with Crippen molar-refractivity contribution >= 4 is 5.91 Å². The van der Waals surface area contributed by atoms with Gasteiger partial charge in [0.1, 0.15) is 0 Å². The van der Waals surface area contributed by atoms with Gasteiger partial charge in [-0.25, -0.2) is 0 Å². The summed E-state index contributed by atoms with van der Waals surface area (Å²) in [6, 6.07) is 0. The Balaban J connectivity index is 2.01. The fourth-order valence-electron chi connectivity index (χ4n) is 3.73. The molecular weight excluding hydrogens is 268 g/mol. The first kappa shape index (κ1) is 16.7. The van der Waals surface area contributed by atoms with Crippen molar-refractivity contribution < 1.29 is 14.6 Å². The second kappa shape index (κ2) is 6.63. The monoisotopic (exact) mass is 298 g/mol. The molecule has 122 valence electrons. The number of rotatable bonds is 4. The third-order valence-corrected chi connectivity index (χ3v) is 4.87. The van der Waals surface area contributed by atoms with E-state index in [1.807, 2.05) is 25.8 Å². The second-order valence-electron chi connectivity index (χ2n) is 7.22. The molecule has 2 aliphatic rings. The molecule has 1 aliphatic carbocycles. The van der Waals surface area contributed by atoms with E-state index in [-0.39, 0.29) is 29.8 Å². The topological polar surface area (TPSA) is 61.8 Å². The number of nitrogens with one attached hydrogen (secondary N) is 1. The first-order valence-electron chi connectivity index (χ1n) is 8.15. The van der Waals surface area contributed by atoms with Gasteiger partial charge in [-0.15, -0.1) is 0 Å². The number of ether oxygens (including phenoxy) is 1. The molecule has 0 bridgehead atoms. The van der Waals surface area contributed by atoms with Crippen LogP contribution in [0.5, 0.6) is 0 Å². The number of carbonyl (C=O) groups is 1. The zero-order chi connectivity index (χ0) is 15.5. The Morgan fingerprint density at radius 1 is 1.33 bits per heavy atom. The molecule has 0 spiro atoms. The third-order valence-electron chi connectivity index (χ3n) is 4.87. The molecule has 5 heteroatoms. The summed E-state index contributed by atoms with van der Waals surface area (Å²) in [6.45, 7) is 5.01. The molecule has 1 saturated carbocycles. The number of carbonyl (C=O) groups excluding carboxylic acids is 1. The Kier molecular flexibility index (Phi) is 5.28. The summed E-state index contributed by atoms with van der Waals surface area (Å²) >= 11 is 0. The summed E-state index contributed by atoms with van der Waals surface area (Å²) in [5.74, 6) is 0.182. The first-order valence-corrected chi connectivity index (χ1v) is 8.15. The second-order valence-corrected chi connectivity index (χ2v) is 7.22. The average molecular weight is 298 g/mol. The van der Waals surface area contributed by atoms with Crippen LogP contribution in [0.1, 0.15) is 52.4 Å². The highest BCUT2D eigenvalue weighted by molar-refractivity contribution is 5.77. The highest BCUT2D eigenvalue weighted by atomic mass is 16.5. The van der Waals surface area contributed by atoms with Crippen LogP contribution >= 0.6 is 0 Å². The van der Waals surface area contributed by atoms with E-state index < -0.39 is 0 Å². The quantitative estimate of drug-likeness (QED) is 0.821. The lowest BCUT2D eigenvalue weighted by molar-refractivity contribution is -0.168. The molecule has 0 radical (unpaired) electrons. The van der Waals surface area contributed by atoms with Gasteiger partial charge >= 0.3 is 0 Å². The lowest BCUT2D eigenvalue weighted by atomic mass is 9.79. The lowest BCUT2D eigenvalue weighted by Crippen LogP contribution is -2.57. The molecule has 1 heterocycles. The molecular formula is C16H30N2O3. The van der Waals surface area contributed by atoms with Gasteiger partial charge in [0.15, 0.2) is 0 Å². The van der Waals surface area contributed by atoms with Gasteiger partial charge in [0.25, 0.3) is 0 Å². The van der Waals surface area contributed by atoms with Gasteiger partial charge in [-0.05, 0) is 33.7 Å². The molecule has 2 N–H and O–H groups in total. The van der Waals surface area contributed by atoms with E-state index in [2.05, 4.69) is 5.32 Å². The zero-order valence-corrected chi connectivity index (χ0v) is 13.7. The summed E-state index contributed by atoms with van der Waals surface area (Å²) < 4.78 is 5.79. The van der Waals surface area contributed by atoms with Crippen LogP contribution in [0.3, 0.4) is 0 Å². The van der Waals surface area contributed by atoms with Gasteiger partial charge in [0.05, 0.1) is 18.3 Å². The number of hydrogen-bond donors (Lipinski definition) is 2. The molecule has 1 amide bonds. The summed E-state index contributed by atoms with van der Waals surface area (Å²) in [5.41, 5.74) is -0.423. The standard InChI is InChI=1S/C16H30N2O3/c1-15(2)12-18(10-13(11-19)21-15)14(20)9-16(17-3)7-5-4-6-8-16/h13,17,19H,4-12H2,1-3H3. The minimum Gasteiger partial charge on any atom is -0.394 e. The van der Waals surface area contributed by atoms with Crippen LogP contribution in [0, 0.1) is 0 Å². The van der Waals surface area contributed by atoms with E-state index in [9.17, 15) is 9.90 Å². The largest absolute Gasteiger partial charge is 0.394 e. The molecule has 0 aromatic rings. The summed E-state index contributed by atoms with van der Waals surface area (Å²) in [4.78, 5) is 14.6. The Morgan fingerprint density at radius 2 is 2.00 bits per heavy atom. The Hall–Kier alpha value is -0.650. The van der Waals surface area contributed by atoms with Crippen LogP contribution in [-0.2, 0) is 9.53 Å². The maximum atomic E-state index is 12.7. The first-order chi connectivity index (χ1) is 9.90. The van der Waals surface area contributed by atoms with Gasteiger partial charge in [-0.1, -0.05) is 19.3 Å². The minimum absolute atomic E-state index is 0.0352. The maximum Gasteiger partial charge on any atom is 0.224 e. The maximum absolute atomic E-state index is 12.7.